The van der Waals surface area contributed by atoms with Gasteiger partial charge in [0.25, 0.3) is 0 Å². The molecule has 0 amide bonds. The molecule has 3 rings (SSSR count). The van der Waals surface area contributed by atoms with E-state index in [1.165, 1.54) is 19.3 Å². The largest absolute Gasteiger partial charge is 0.399 e. The topological polar surface area (TPSA) is 69.6 Å². The highest BCUT2D eigenvalue weighted by Gasteiger charge is 2.33. The standard InChI is InChI=1S/C14H18BrN5/c1-14(7-3-2-4-8-14)20-13(17-18-19-20)11-9-10(16)5-6-12(11)15/h5-6,9H,2-4,7-8,16H2,1H3. The van der Waals surface area contributed by atoms with E-state index in [1.807, 2.05) is 22.9 Å². The van der Waals surface area contributed by atoms with Crippen molar-refractivity contribution in [3.63, 3.8) is 0 Å². The molecule has 2 N–H and O–H groups in total. The van der Waals surface area contributed by atoms with Crippen LogP contribution in [0.5, 0.6) is 0 Å². The Morgan fingerprint density at radius 3 is 2.75 bits per heavy atom. The Hall–Kier alpha value is -1.43. The first-order chi connectivity index (χ1) is 9.60. The minimum absolute atomic E-state index is 0.00112. The van der Waals surface area contributed by atoms with Crippen LogP contribution in [0.1, 0.15) is 39.0 Å². The lowest BCUT2D eigenvalue weighted by Gasteiger charge is -2.34. The van der Waals surface area contributed by atoms with E-state index in [4.69, 9.17) is 5.73 Å². The first-order valence-corrected chi connectivity index (χ1v) is 7.74. The summed E-state index contributed by atoms with van der Waals surface area (Å²) in [6.07, 6.45) is 5.99. The van der Waals surface area contributed by atoms with Gasteiger partial charge in [-0.1, -0.05) is 35.2 Å². The highest BCUT2D eigenvalue weighted by atomic mass is 79.9. The number of nitrogens with zero attached hydrogens (tertiary/aromatic N) is 4. The normalized spacial score (nSPS) is 18.1. The molecule has 1 aromatic carbocycles. The number of rotatable bonds is 2. The highest BCUT2D eigenvalue weighted by molar-refractivity contribution is 9.10. The molecule has 0 atom stereocenters. The summed E-state index contributed by atoms with van der Waals surface area (Å²) in [6.45, 7) is 2.24. The Morgan fingerprint density at radius 2 is 2.00 bits per heavy atom. The number of aromatic nitrogens is 4. The maximum absolute atomic E-state index is 5.90. The summed E-state index contributed by atoms with van der Waals surface area (Å²) in [6, 6.07) is 5.72. The molecule has 0 aliphatic heterocycles. The van der Waals surface area contributed by atoms with Gasteiger partial charge in [0.1, 0.15) is 0 Å². The van der Waals surface area contributed by atoms with Crippen molar-refractivity contribution >= 4 is 21.6 Å². The van der Waals surface area contributed by atoms with E-state index in [-0.39, 0.29) is 5.54 Å². The summed E-state index contributed by atoms with van der Waals surface area (Å²) in [7, 11) is 0. The van der Waals surface area contributed by atoms with Crippen molar-refractivity contribution in [3.8, 4) is 11.4 Å². The van der Waals surface area contributed by atoms with E-state index in [0.29, 0.717) is 5.69 Å². The van der Waals surface area contributed by atoms with Gasteiger partial charge in [-0.3, -0.25) is 0 Å². The van der Waals surface area contributed by atoms with Gasteiger partial charge in [-0.2, -0.15) is 0 Å². The number of halogens is 1. The van der Waals surface area contributed by atoms with Crippen molar-refractivity contribution in [2.24, 2.45) is 0 Å². The molecule has 1 fully saturated rings. The van der Waals surface area contributed by atoms with Crippen LogP contribution in [-0.4, -0.2) is 20.2 Å². The molecule has 0 unspecified atom stereocenters. The van der Waals surface area contributed by atoms with E-state index < -0.39 is 0 Å². The van der Waals surface area contributed by atoms with Gasteiger partial charge in [0.05, 0.1) is 5.54 Å². The zero-order chi connectivity index (χ0) is 14.2. The van der Waals surface area contributed by atoms with Gasteiger partial charge in [0.2, 0.25) is 0 Å². The van der Waals surface area contributed by atoms with Crippen LogP contribution in [0.4, 0.5) is 5.69 Å². The highest BCUT2D eigenvalue weighted by Crippen LogP contribution is 2.37. The molecule has 0 radical (unpaired) electrons. The Morgan fingerprint density at radius 1 is 1.25 bits per heavy atom. The molecular formula is C14H18BrN5. The first-order valence-electron chi connectivity index (χ1n) is 6.94. The molecule has 0 spiro atoms. The molecule has 5 nitrogen and oxygen atoms in total. The van der Waals surface area contributed by atoms with E-state index in [1.54, 1.807) is 0 Å². The van der Waals surface area contributed by atoms with Gasteiger partial charge in [0, 0.05) is 15.7 Å². The van der Waals surface area contributed by atoms with Crippen LogP contribution in [0.3, 0.4) is 0 Å². The smallest absolute Gasteiger partial charge is 0.183 e. The van der Waals surface area contributed by atoms with E-state index in [2.05, 4.69) is 38.4 Å². The summed E-state index contributed by atoms with van der Waals surface area (Å²) < 4.78 is 2.94. The summed E-state index contributed by atoms with van der Waals surface area (Å²) in [5, 5.41) is 12.4. The number of tetrazole rings is 1. The Balaban J connectivity index is 2.08. The third kappa shape index (κ3) is 2.32. The van der Waals surface area contributed by atoms with Crippen LogP contribution < -0.4 is 5.73 Å². The van der Waals surface area contributed by atoms with Gasteiger partial charge in [0.15, 0.2) is 5.82 Å². The van der Waals surface area contributed by atoms with Crippen molar-refractivity contribution in [2.45, 2.75) is 44.6 Å². The summed E-state index contributed by atoms with van der Waals surface area (Å²) in [5.74, 6) is 0.786. The van der Waals surface area contributed by atoms with Crippen LogP contribution in [0.15, 0.2) is 22.7 Å². The van der Waals surface area contributed by atoms with Crippen LogP contribution in [-0.2, 0) is 5.54 Å². The second-order valence-corrected chi connectivity index (χ2v) is 6.57. The lowest BCUT2D eigenvalue weighted by molar-refractivity contribution is 0.197. The number of benzene rings is 1. The molecule has 1 aliphatic rings. The maximum Gasteiger partial charge on any atom is 0.183 e. The fourth-order valence-corrected chi connectivity index (χ4v) is 3.38. The van der Waals surface area contributed by atoms with E-state index in [9.17, 15) is 0 Å². The van der Waals surface area contributed by atoms with Crippen molar-refractivity contribution < 1.29 is 0 Å². The number of nitrogens with two attached hydrogens (primary N) is 1. The maximum atomic E-state index is 5.90. The summed E-state index contributed by atoms with van der Waals surface area (Å²) in [4.78, 5) is 0. The van der Waals surface area contributed by atoms with Gasteiger partial charge in [-0.15, -0.1) is 5.10 Å². The number of hydrogen-bond donors (Lipinski definition) is 1. The molecule has 0 bridgehead atoms. The molecule has 1 saturated carbocycles. The van der Waals surface area contributed by atoms with Crippen LogP contribution >= 0.6 is 15.9 Å². The van der Waals surface area contributed by atoms with Crippen molar-refractivity contribution in [3.05, 3.63) is 22.7 Å². The second-order valence-electron chi connectivity index (χ2n) is 5.71. The summed E-state index contributed by atoms with van der Waals surface area (Å²) >= 11 is 3.56. The predicted molar refractivity (Wildman–Crippen MR) is 82.1 cm³/mol. The van der Waals surface area contributed by atoms with Gasteiger partial charge in [-0.25, -0.2) is 4.68 Å². The molecule has 1 aliphatic carbocycles. The predicted octanol–water partition coefficient (Wildman–Crippen LogP) is 3.36. The Bertz CT molecular complexity index is 616. The zero-order valence-electron chi connectivity index (χ0n) is 11.5. The molecule has 2 aromatic rings. The fraction of sp³-hybridized carbons (Fsp3) is 0.500. The summed E-state index contributed by atoms with van der Waals surface area (Å²) in [5.41, 5.74) is 7.56. The lowest BCUT2D eigenvalue weighted by Crippen LogP contribution is -2.34. The molecule has 6 heteroatoms. The molecule has 0 saturated heterocycles. The number of hydrogen-bond acceptors (Lipinski definition) is 4. The second kappa shape index (κ2) is 5.16. The van der Waals surface area contributed by atoms with Crippen molar-refractivity contribution in [1.82, 2.24) is 20.2 Å². The zero-order valence-corrected chi connectivity index (χ0v) is 13.1. The van der Waals surface area contributed by atoms with E-state index >= 15 is 0 Å². The number of anilines is 1. The quantitative estimate of drug-likeness (QED) is 0.854. The third-order valence-electron chi connectivity index (χ3n) is 4.14. The number of nitrogen functional groups attached to an aromatic ring is 1. The Labute approximate surface area is 126 Å². The minimum Gasteiger partial charge on any atom is -0.399 e. The molecule has 20 heavy (non-hydrogen) atoms. The van der Waals surface area contributed by atoms with Gasteiger partial charge >= 0.3 is 0 Å². The monoisotopic (exact) mass is 335 g/mol. The molecule has 106 valence electrons. The molecule has 1 aromatic heterocycles. The van der Waals surface area contributed by atoms with Crippen LogP contribution in [0, 0.1) is 0 Å². The average Bonchev–Trinajstić information content (AvgIpc) is 2.92. The van der Waals surface area contributed by atoms with Crippen molar-refractivity contribution in [2.75, 3.05) is 5.73 Å². The average molecular weight is 336 g/mol. The Kier molecular flexibility index (Phi) is 3.50. The lowest BCUT2D eigenvalue weighted by atomic mass is 9.83. The van der Waals surface area contributed by atoms with Gasteiger partial charge < -0.3 is 5.73 Å². The van der Waals surface area contributed by atoms with Crippen LogP contribution in [0.2, 0.25) is 0 Å². The minimum atomic E-state index is 0.00112. The van der Waals surface area contributed by atoms with Crippen molar-refractivity contribution in [1.29, 1.82) is 0 Å². The SMILES string of the molecule is CC1(n2nnnc2-c2cc(N)ccc2Br)CCCCC1. The first kappa shape index (κ1) is 13.5. The van der Waals surface area contributed by atoms with Crippen LogP contribution in [0.25, 0.3) is 11.4 Å². The van der Waals surface area contributed by atoms with E-state index in [0.717, 1.165) is 28.7 Å². The fourth-order valence-electron chi connectivity index (χ4n) is 2.96. The molecular weight excluding hydrogens is 318 g/mol. The molecule has 1 heterocycles. The third-order valence-corrected chi connectivity index (χ3v) is 4.83. The van der Waals surface area contributed by atoms with Gasteiger partial charge in [-0.05, 0) is 48.4 Å².